The SMILES string of the molecule is O=C(Cc1ccc(Br)c2ccccc12)N/N=C\c1ccco1. The van der Waals surface area contributed by atoms with Crippen LogP contribution in [-0.2, 0) is 11.2 Å². The first kappa shape index (κ1) is 14.5. The van der Waals surface area contributed by atoms with Crippen LogP contribution in [0.4, 0.5) is 0 Å². The van der Waals surface area contributed by atoms with Crippen molar-refractivity contribution in [2.24, 2.45) is 5.10 Å². The van der Waals surface area contributed by atoms with Gasteiger partial charge in [-0.05, 0) is 34.5 Å². The molecule has 1 N–H and O–H groups in total. The standard InChI is InChI=1S/C17H13BrN2O2/c18-16-8-7-12(14-5-1-2-6-15(14)16)10-17(21)20-19-11-13-4-3-9-22-13/h1-9,11H,10H2,(H,20,21)/b19-11-. The van der Waals surface area contributed by atoms with Crippen LogP contribution in [0.3, 0.4) is 0 Å². The highest BCUT2D eigenvalue weighted by atomic mass is 79.9. The maximum atomic E-state index is 12.0. The van der Waals surface area contributed by atoms with E-state index in [9.17, 15) is 4.79 Å². The van der Waals surface area contributed by atoms with Crippen molar-refractivity contribution in [2.45, 2.75) is 6.42 Å². The van der Waals surface area contributed by atoms with Gasteiger partial charge in [-0.2, -0.15) is 5.10 Å². The summed E-state index contributed by atoms with van der Waals surface area (Å²) in [6.45, 7) is 0. The van der Waals surface area contributed by atoms with Crippen LogP contribution in [-0.4, -0.2) is 12.1 Å². The summed E-state index contributed by atoms with van der Waals surface area (Å²) in [5.41, 5.74) is 3.47. The van der Waals surface area contributed by atoms with E-state index >= 15 is 0 Å². The number of nitrogens with one attached hydrogen (secondary N) is 1. The fourth-order valence-corrected chi connectivity index (χ4v) is 2.70. The second-order valence-corrected chi connectivity index (χ2v) is 5.59. The predicted octanol–water partition coefficient (Wildman–Crippen LogP) is 3.89. The van der Waals surface area contributed by atoms with Crippen LogP contribution in [0.5, 0.6) is 0 Å². The van der Waals surface area contributed by atoms with Crippen LogP contribution in [0, 0.1) is 0 Å². The van der Waals surface area contributed by atoms with Crippen LogP contribution in [0.25, 0.3) is 10.8 Å². The van der Waals surface area contributed by atoms with Crippen molar-refractivity contribution >= 4 is 38.8 Å². The molecule has 3 aromatic rings. The summed E-state index contributed by atoms with van der Waals surface area (Å²) < 4.78 is 6.12. The molecular weight excluding hydrogens is 344 g/mol. The Balaban J connectivity index is 1.73. The van der Waals surface area contributed by atoms with E-state index in [4.69, 9.17) is 4.42 Å². The van der Waals surface area contributed by atoms with Crippen molar-refractivity contribution in [1.82, 2.24) is 5.43 Å². The Morgan fingerprint density at radius 2 is 1.95 bits per heavy atom. The van der Waals surface area contributed by atoms with Gasteiger partial charge in [0.1, 0.15) is 5.76 Å². The Kier molecular flexibility index (Phi) is 4.34. The zero-order valence-electron chi connectivity index (χ0n) is 11.6. The number of carbonyl (C=O) groups is 1. The molecule has 5 heteroatoms. The Morgan fingerprint density at radius 3 is 2.73 bits per heavy atom. The number of carbonyl (C=O) groups excluding carboxylic acids is 1. The Bertz CT molecular complexity index is 826. The maximum absolute atomic E-state index is 12.0. The first-order valence-corrected chi connectivity index (χ1v) is 7.55. The molecule has 0 saturated heterocycles. The minimum absolute atomic E-state index is 0.171. The molecule has 0 aliphatic rings. The third-order valence-corrected chi connectivity index (χ3v) is 3.93. The molecule has 1 heterocycles. The number of benzene rings is 2. The summed E-state index contributed by atoms with van der Waals surface area (Å²) in [5, 5.41) is 6.03. The quantitative estimate of drug-likeness (QED) is 0.569. The van der Waals surface area contributed by atoms with Crippen LogP contribution in [0.2, 0.25) is 0 Å². The van der Waals surface area contributed by atoms with Crippen LogP contribution < -0.4 is 5.43 Å². The van der Waals surface area contributed by atoms with E-state index in [-0.39, 0.29) is 12.3 Å². The number of hydrogen-bond acceptors (Lipinski definition) is 3. The predicted molar refractivity (Wildman–Crippen MR) is 89.8 cm³/mol. The lowest BCUT2D eigenvalue weighted by Crippen LogP contribution is -2.19. The Labute approximate surface area is 136 Å². The van der Waals surface area contributed by atoms with E-state index in [0.29, 0.717) is 5.76 Å². The number of nitrogens with zero attached hydrogens (tertiary/aromatic N) is 1. The highest BCUT2D eigenvalue weighted by molar-refractivity contribution is 9.10. The first-order chi connectivity index (χ1) is 10.7. The molecule has 22 heavy (non-hydrogen) atoms. The summed E-state index contributed by atoms with van der Waals surface area (Å²) >= 11 is 3.53. The molecule has 0 radical (unpaired) electrons. The van der Waals surface area contributed by atoms with Gasteiger partial charge in [0, 0.05) is 4.47 Å². The molecule has 0 aliphatic heterocycles. The second-order valence-electron chi connectivity index (χ2n) is 4.74. The van der Waals surface area contributed by atoms with Crippen LogP contribution >= 0.6 is 15.9 Å². The molecule has 0 aliphatic carbocycles. The van der Waals surface area contributed by atoms with E-state index in [1.807, 2.05) is 36.4 Å². The molecule has 0 bridgehead atoms. The molecule has 1 amide bonds. The van der Waals surface area contributed by atoms with Crippen LogP contribution in [0.15, 0.2) is 68.8 Å². The fraction of sp³-hybridized carbons (Fsp3) is 0.0588. The summed E-state index contributed by atoms with van der Waals surface area (Å²) in [7, 11) is 0. The number of halogens is 1. The van der Waals surface area contributed by atoms with Gasteiger partial charge in [0.25, 0.3) is 0 Å². The maximum Gasteiger partial charge on any atom is 0.244 e. The second kappa shape index (κ2) is 6.58. The fourth-order valence-electron chi connectivity index (χ4n) is 2.22. The lowest BCUT2D eigenvalue weighted by molar-refractivity contribution is -0.120. The number of amides is 1. The third kappa shape index (κ3) is 3.26. The molecule has 0 spiro atoms. The molecular formula is C17H13BrN2O2. The van der Waals surface area contributed by atoms with Crippen molar-refractivity contribution in [3.63, 3.8) is 0 Å². The van der Waals surface area contributed by atoms with E-state index < -0.39 is 0 Å². The number of furan rings is 1. The minimum atomic E-state index is -0.171. The number of rotatable bonds is 4. The average molecular weight is 357 g/mol. The molecule has 3 rings (SSSR count). The summed E-state index contributed by atoms with van der Waals surface area (Å²) in [5.74, 6) is 0.421. The molecule has 0 atom stereocenters. The van der Waals surface area contributed by atoms with Gasteiger partial charge in [0.2, 0.25) is 5.91 Å². The van der Waals surface area contributed by atoms with Gasteiger partial charge in [-0.15, -0.1) is 0 Å². The molecule has 0 fully saturated rings. The average Bonchev–Trinajstić information content (AvgIpc) is 3.04. The zero-order valence-corrected chi connectivity index (χ0v) is 13.2. The molecule has 0 saturated carbocycles. The molecule has 1 aromatic heterocycles. The normalized spacial score (nSPS) is 11.1. The molecule has 110 valence electrons. The van der Waals surface area contributed by atoms with Gasteiger partial charge in [-0.25, -0.2) is 5.43 Å². The van der Waals surface area contributed by atoms with E-state index in [2.05, 4.69) is 26.5 Å². The molecule has 4 nitrogen and oxygen atoms in total. The Hall–Kier alpha value is -2.40. The smallest absolute Gasteiger partial charge is 0.244 e. The van der Waals surface area contributed by atoms with Crippen molar-refractivity contribution in [3.05, 3.63) is 70.6 Å². The van der Waals surface area contributed by atoms with E-state index in [0.717, 1.165) is 20.8 Å². The monoisotopic (exact) mass is 356 g/mol. The minimum Gasteiger partial charge on any atom is -0.463 e. The van der Waals surface area contributed by atoms with Gasteiger partial charge < -0.3 is 4.42 Å². The van der Waals surface area contributed by atoms with Crippen molar-refractivity contribution < 1.29 is 9.21 Å². The lowest BCUT2D eigenvalue weighted by atomic mass is 10.0. The van der Waals surface area contributed by atoms with Crippen molar-refractivity contribution in [2.75, 3.05) is 0 Å². The van der Waals surface area contributed by atoms with Gasteiger partial charge in [0.05, 0.1) is 18.9 Å². The van der Waals surface area contributed by atoms with E-state index in [1.54, 1.807) is 18.4 Å². The summed E-state index contributed by atoms with van der Waals surface area (Å²) in [4.78, 5) is 12.0. The topological polar surface area (TPSA) is 54.6 Å². The molecule has 2 aromatic carbocycles. The molecule has 0 unspecified atom stereocenters. The van der Waals surface area contributed by atoms with Gasteiger partial charge in [-0.3, -0.25) is 4.79 Å². The number of hydrogen-bond donors (Lipinski definition) is 1. The van der Waals surface area contributed by atoms with Gasteiger partial charge >= 0.3 is 0 Å². The summed E-state index contributed by atoms with van der Waals surface area (Å²) in [6.07, 6.45) is 3.29. The number of fused-ring (bicyclic) bond motifs is 1. The highest BCUT2D eigenvalue weighted by Crippen LogP contribution is 2.27. The van der Waals surface area contributed by atoms with Gasteiger partial charge in [-0.1, -0.05) is 46.3 Å². The van der Waals surface area contributed by atoms with Crippen molar-refractivity contribution in [3.8, 4) is 0 Å². The third-order valence-electron chi connectivity index (χ3n) is 3.24. The first-order valence-electron chi connectivity index (χ1n) is 6.75. The Morgan fingerprint density at radius 1 is 1.14 bits per heavy atom. The van der Waals surface area contributed by atoms with Crippen molar-refractivity contribution in [1.29, 1.82) is 0 Å². The largest absolute Gasteiger partial charge is 0.463 e. The zero-order chi connectivity index (χ0) is 15.4. The highest BCUT2D eigenvalue weighted by Gasteiger charge is 2.08. The van der Waals surface area contributed by atoms with Gasteiger partial charge in [0.15, 0.2) is 0 Å². The number of hydrazone groups is 1. The van der Waals surface area contributed by atoms with Crippen LogP contribution in [0.1, 0.15) is 11.3 Å². The summed E-state index contributed by atoms with van der Waals surface area (Å²) in [6, 6.07) is 15.4. The van der Waals surface area contributed by atoms with E-state index in [1.165, 1.54) is 6.21 Å². The lowest BCUT2D eigenvalue weighted by Gasteiger charge is -2.07.